The van der Waals surface area contributed by atoms with Gasteiger partial charge in [-0.3, -0.25) is 9.69 Å². The molecule has 0 radical (unpaired) electrons. The molecular weight excluding hydrogens is 495 g/mol. The molecule has 0 saturated carbocycles. The van der Waals surface area contributed by atoms with Crippen LogP contribution in [0.4, 0.5) is 0 Å². The lowest BCUT2D eigenvalue weighted by Gasteiger charge is -2.34. The molecule has 0 bridgehead atoms. The SMILES string of the molecule is COc1ccc(/C=C/C(=O)N2CCN(Cc3c(Cl)cccc3Cl)CC2)cc1COc1ccc(C)cc1. The number of aryl methyl sites for hydroxylation is 1. The average molecular weight is 525 g/mol. The van der Waals surface area contributed by atoms with Crippen molar-refractivity contribution in [1.82, 2.24) is 9.80 Å². The molecule has 1 aliphatic rings. The van der Waals surface area contributed by atoms with E-state index in [0.717, 1.165) is 41.3 Å². The largest absolute Gasteiger partial charge is 0.496 e. The zero-order valence-electron chi connectivity index (χ0n) is 20.5. The molecule has 0 N–H and O–H groups in total. The first-order valence-electron chi connectivity index (χ1n) is 11.9. The van der Waals surface area contributed by atoms with Crippen LogP contribution in [0.3, 0.4) is 0 Å². The highest BCUT2D eigenvalue weighted by Crippen LogP contribution is 2.26. The Morgan fingerprint density at radius 2 is 1.67 bits per heavy atom. The van der Waals surface area contributed by atoms with Crippen LogP contribution in [-0.2, 0) is 17.9 Å². The van der Waals surface area contributed by atoms with Gasteiger partial charge < -0.3 is 14.4 Å². The highest BCUT2D eigenvalue weighted by Gasteiger charge is 2.21. The fourth-order valence-electron chi connectivity index (χ4n) is 4.12. The van der Waals surface area contributed by atoms with Gasteiger partial charge >= 0.3 is 0 Å². The van der Waals surface area contributed by atoms with Crippen LogP contribution in [-0.4, -0.2) is 49.0 Å². The van der Waals surface area contributed by atoms with Gasteiger partial charge in [-0.15, -0.1) is 0 Å². The van der Waals surface area contributed by atoms with Gasteiger partial charge in [0.25, 0.3) is 0 Å². The Morgan fingerprint density at radius 3 is 2.33 bits per heavy atom. The second kappa shape index (κ2) is 12.3. The summed E-state index contributed by atoms with van der Waals surface area (Å²) in [5.74, 6) is 1.55. The molecule has 0 aromatic heterocycles. The molecule has 0 unspecified atom stereocenters. The Bertz CT molecular complexity index is 1200. The first kappa shape index (κ1) is 26.1. The third-order valence-electron chi connectivity index (χ3n) is 6.27. The van der Waals surface area contributed by atoms with Crippen LogP contribution in [0.5, 0.6) is 11.5 Å². The highest BCUT2D eigenvalue weighted by atomic mass is 35.5. The number of piperazine rings is 1. The van der Waals surface area contributed by atoms with Crippen LogP contribution in [0.15, 0.2) is 66.7 Å². The molecule has 1 saturated heterocycles. The molecule has 0 atom stereocenters. The van der Waals surface area contributed by atoms with Crippen molar-refractivity contribution < 1.29 is 14.3 Å². The van der Waals surface area contributed by atoms with Crippen molar-refractivity contribution in [2.45, 2.75) is 20.1 Å². The van der Waals surface area contributed by atoms with E-state index in [-0.39, 0.29) is 5.91 Å². The second-order valence-electron chi connectivity index (χ2n) is 8.81. The fraction of sp³-hybridized carbons (Fsp3) is 0.276. The van der Waals surface area contributed by atoms with E-state index in [4.69, 9.17) is 32.7 Å². The van der Waals surface area contributed by atoms with Crippen LogP contribution in [0.1, 0.15) is 22.3 Å². The minimum atomic E-state index is -0.00120. The van der Waals surface area contributed by atoms with E-state index >= 15 is 0 Å². The van der Waals surface area contributed by atoms with E-state index < -0.39 is 0 Å². The van der Waals surface area contributed by atoms with Gasteiger partial charge in [-0.2, -0.15) is 0 Å². The van der Waals surface area contributed by atoms with Crippen LogP contribution in [0, 0.1) is 6.92 Å². The number of carbonyl (C=O) groups is 1. The quantitative estimate of drug-likeness (QED) is 0.326. The molecule has 1 amide bonds. The summed E-state index contributed by atoms with van der Waals surface area (Å²) in [6, 6.07) is 19.3. The van der Waals surface area contributed by atoms with E-state index in [0.29, 0.717) is 36.3 Å². The van der Waals surface area contributed by atoms with Gasteiger partial charge in [0, 0.05) is 60.0 Å². The predicted molar refractivity (Wildman–Crippen MR) is 146 cm³/mol. The number of rotatable bonds is 8. The minimum absolute atomic E-state index is 0.00120. The summed E-state index contributed by atoms with van der Waals surface area (Å²) in [7, 11) is 1.64. The third kappa shape index (κ3) is 6.82. The van der Waals surface area contributed by atoms with Crippen LogP contribution in [0.25, 0.3) is 6.08 Å². The first-order chi connectivity index (χ1) is 17.4. The lowest BCUT2D eigenvalue weighted by Crippen LogP contribution is -2.47. The predicted octanol–water partition coefficient (Wildman–Crippen LogP) is 6.25. The summed E-state index contributed by atoms with van der Waals surface area (Å²) in [6.45, 7) is 5.94. The molecule has 7 heteroatoms. The Morgan fingerprint density at radius 1 is 0.972 bits per heavy atom. The van der Waals surface area contributed by atoms with Gasteiger partial charge in [0.15, 0.2) is 0 Å². The van der Waals surface area contributed by atoms with E-state index in [1.54, 1.807) is 13.2 Å². The number of carbonyl (C=O) groups excluding carboxylic acids is 1. The van der Waals surface area contributed by atoms with Crippen molar-refractivity contribution in [3.8, 4) is 11.5 Å². The van der Waals surface area contributed by atoms with Crippen molar-refractivity contribution in [3.63, 3.8) is 0 Å². The molecule has 188 valence electrons. The maximum absolute atomic E-state index is 12.8. The smallest absolute Gasteiger partial charge is 0.246 e. The number of hydrogen-bond acceptors (Lipinski definition) is 4. The fourth-order valence-corrected chi connectivity index (χ4v) is 4.63. The van der Waals surface area contributed by atoms with Crippen molar-refractivity contribution in [2.24, 2.45) is 0 Å². The van der Waals surface area contributed by atoms with Gasteiger partial charge in [-0.25, -0.2) is 0 Å². The van der Waals surface area contributed by atoms with Crippen LogP contribution < -0.4 is 9.47 Å². The number of ether oxygens (including phenoxy) is 2. The van der Waals surface area contributed by atoms with E-state index in [9.17, 15) is 4.79 Å². The van der Waals surface area contributed by atoms with E-state index in [2.05, 4.69) is 4.90 Å². The van der Waals surface area contributed by atoms with Crippen molar-refractivity contribution >= 4 is 35.2 Å². The van der Waals surface area contributed by atoms with Crippen molar-refractivity contribution in [1.29, 1.82) is 0 Å². The highest BCUT2D eigenvalue weighted by molar-refractivity contribution is 6.35. The van der Waals surface area contributed by atoms with Gasteiger partial charge in [0.2, 0.25) is 5.91 Å². The molecular formula is C29H30Cl2N2O3. The Hall–Kier alpha value is -2.99. The zero-order valence-corrected chi connectivity index (χ0v) is 22.1. The molecule has 4 rings (SSSR count). The first-order valence-corrected chi connectivity index (χ1v) is 12.7. The average Bonchev–Trinajstić information content (AvgIpc) is 2.89. The standard InChI is InChI=1S/C29H30Cl2N2O3/c1-21-6-10-24(11-7-21)36-20-23-18-22(8-12-28(23)35-2)9-13-29(34)33-16-14-32(15-17-33)19-25-26(30)4-3-5-27(25)31/h3-13,18H,14-17,19-20H2,1-2H3/b13-9+. The molecule has 5 nitrogen and oxygen atoms in total. The minimum Gasteiger partial charge on any atom is -0.496 e. The third-order valence-corrected chi connectivity index (χ3v) is 6.97. The van der Waals surface area contributed by atoms with E-state index in [1.165, 1.54) is 5.56 Å². The summed E-state index contributed by atoms with van der Waals surface area (Å²) in [5.41, 5.74) is 3.95. The summed E-state index contributed by atoms with van der Waals surface area (Å²) in [5, 5.41) is 1.35. The van der Waals surface area contributed by atoms with Crippen LogP contribution >= 0.6 is 23.2 Å². The summed E-state index contributed by atoms with van der Waals surface area (Å²) < 4.78 is 11.4. The summed E-state index contributed by atoms with van der Waals surface area (Å²) in [4.78, 5) is 17.0. The monoisotopic (exact) mass is 524 g/mol. The second-order valence-corrected chi connectivity index (χ2v) is 9.62. The lowest BCUT2D eigenvalue weighted by molar-refractivity contribution is -0.127. The Labute approximate surface area is 222 Å². The number of methoxy groups -OCH3 is 1. The molecule has 3 aromatic rings. The Balaban J connectivity index is 1.33. The number of hydrogen-bond donors (Lipinski definition) is 0. The van der Waals surface area contributed by atoms with Crippen molar-refractivity contribution in [3.05, 3.63) is 99.0 Å². The van der Waals surface area contributed by atoms with Crippen LogP contribution in [0.2, 0.25) is 10.0 Å². The maximum Gasteiger partial charge on any atom is 0.246 e. The number of amides is 1. The molecule has 1 heterocycles. The van der Waals surface area contributed by atoms with Gasteiger partial charge in [0.1, 0.15) is 18.1 Å². The van der Waals surface area contributed by atoms with Crippen molar-refractivity contribution in [2.75, 3.05) is 33.3 Å². The molecule has 0 spiro atoms. The summed E-state index contributed by atoms with van der Waals surface area (Å²) in [6.07, 6.45) is 3.47. The summed E-state index contributed by atoms with van der Waals surface area (Å²) >= 11 is 12.6. The molecule has 1 fully saturated rings. The van der Waals surface area contributed by atoms with E-state index in [1.807, 2.05) is 78.6 Å². The molecule has 36 heavy (non-hydrogen) atoms. The van der Waals surface area contributed by atoms with Gasteiger partial charge in [-0.05, 0) is 55.0 Å². The number of halogens is 2. The molecule has 3 aromatic carbocycles. The number of nitrogens with zero attached hydrogens (tertiary/aromatic N) is 2. The van der Waals surface area contributed by atoms with Gasteiger partial charge in [-0.1, -0.05) is 53.0 Å². The zero-order chi connectivity index (χ0) is 25.5. The topological polar surface area (TPSA) is 42.0 Å². The maximum atomic E-state index is 12.8. The lowest BCUT2D eigenvalue weighted by atomic mass is 10.1. The van der Waals surface area contributed by atoms with Gasteiger partial charge in [0.05, 0.1) is 7.11 Å². The molecule has 1 aliphatic heterocycles. The molecule has 0 aliphatic carbocycles. The number of benzene rings is 3. The normalized spacial score (nSPS) is 14.3. The Kier molecular flexibility index (Phi) is 8.92.